The number of rotatable bonds is 6. The fraction of sp³-hybridized carbons (Fsp3) is 0.0833. The van der Waals surface area contributed by atoms with E-state index in [4.69, 9.17) is 13.9 Å². The summed E-state index contributed by atoms with van der Waals surface area (Å²) in [5.74, 6) is 0.381. The summed E-state index contributed by atoms with van der Waals surface area (Å²) >= 11 is 0. The molecule has 0 saturated heterocycles. The van der Waals surface area contributed by atoms with Gasteiger partial charge in [-0.05, 0) is 24.3 Å². The van der Waals surface area contributed by atoms with Gasteiger partial charge in [0.2, 0.25) is 11.2 Å². The van der Waals surface area contributed by atoms with Crippen LogP contribution in [0.15, 0.2) is 88.1 Å². The van der Waals surface area contributed by atoms with E-state index in [0.29, 0.717) is 28.0 Å². The molecule has 1 aromatic heterocycles. The number of anilines is 1. The van der Waals surface area contributed by atoms with Crippen molar-refractivity contribution in [2.75, 3.05) is 19.0 Å². The van der Waals surface area contributed by atoms with Crippen LogP contribution in [0.5, 0.6) is 11.5 Å². The van der Waals surface area contributed by atoms with Crippen molar-refractivity contribution in [1.82, 2.24) is 0 Å². The Kier molecular flexibility index (Phi) is 5.48. The number of ether oxygens (including phenoxy) is 2. The first-order valence-corrected chi connectivity index (χ1v) is 9.34. The average molecular weight is 401 g/mol. The summed E-state index contributed by atoms with van der Waals surface area (Å²) < 4.78 is 16.9. The number of methoxy groups -OCH3 is 1. The number of fused-ring (bicyclic) bond motifs is 1. The molecule has 0 aliphatic carbocycles. The molecular weight excluding hydrogens is 382 g/mol. The third-order valence-corrected chi connectivity index (χ3v) is 4.52. The number of benzene rings is 3. The van der Waals surface area contributed by atoms with E-state index in [0.717, 1.165) is 0 Å². The lowest BCUT2D eigenvalue weighted by molar-refractivity contribution is -0.118. The van der Waals surface area contributed by atoms with E-state index in [2.05, 4.69) is 5.32 Å². The van der Waals surface area contributed by atoms with Crippen molar-refractivity contribution in [2.24, 2.45) is 0 Å². The summed E-state index contributed by atoms with van der Waals surface area (Å²) in [5, 5.41) is 3.11. The smallest absolute Gasteiger partial charge is 0.262 e. The van der Waals surface area contributed by atoms with Crippen LogP contribution >= 0.6 is 0 Å². The molecule has 0 spiro atoms. The average Bonchev–Trinajstić information content (AvgIpc) is 2.79. The van der Waals surface area contributed by atoms with E-state index in [9.17, 15) is 9.59 Å². The molecule has 0 aliphatic rings. The molecule has 4 aromatic rings. The zero-order chi connectivity index (χ0) is 20.9. The van der Waals surface area contributed by atoms with Crippen LogP contribution in [0.3, 0.4) is 0 Å². The molecule has 3 aromatic carbocycles. The number of hydrogen-bond donors (Lipinski definition) is 1. The molecule has 30 heavy (non-hydrogen) atoms. The van der Waals surface area contributed by atoms with Crippen molar-refractivity contribution in [3.63, 3.8) is 0 Å². The normalized spacial score (nSPS) is 10.6. The molecule has 0 radical (unpaired) electrons. The van der Waals surface area contributed by atoms with Gasteiger partial charge in [-0.25, -0.2) is 0 Å². The van der Waals surface area contributed by atoms with E-state index in [1.165, 1.54) is 7.11 Å². The maximum Gasteiger partial charge on any atom is 0.262 e. The maximum absolute atomic E-state index is 13.1. The first-order chi connectivity index (χ1) is 14.7. The monoisotopic (exact) mass is 401 g/mol. The van der Waals surface area contributed by atoms with Crippen LogP contribution in [0.1, 0.15) is 0 Å². The molecule has 0 aliphatic heterocycles. The Morgan fingerprint density at radius 2 is 1.63 bits per heavy atom. The topological polar surface area (TPSA) is 77.8 Å². The number of hydrogen-bond acceptors (Lipinski definition) is 5. The molecule has 0 atom stereocenters. The van der Waals surface area contributed by atoms with Gasteiger partial charge in [0.05, 0.1) is 18.2 Å². The molecule has 150 valence electrons. The van der Waals surface area contributed by atoms with Crippen LogP contribution in [0.4, 0.5) is 5.69 Å². The highest BCUT2D eigenvalue weighted by atomic mass is 16.5. The Morgan fingerprint density at radius 1 is 0.933 bits per heavy atom. The Morgan fingerprint density at radius 3 is 2.43 bits per heavy atom. The van der Waals surface area contributed by atoms with Crippen molar-refractivity contribution in [3.05, 3.63) is 89.1 Å². The van der Waals surface area contributed by atoms with Crippen LogP contribution < -0.4 is 20.2 Å². The van der Waals surface area contributed by atoms with Crippen molar-refractivity contribution >= 4 is 22.6 Å². The van der Waals surface area contributed by atoms with E-state index in [1.807, 2.05) is 30.3 Å². The lowest BCUT2D eigenvalue weighted by Gasteiger charge is -2.13. The van der Waals surface area contributed by atoms with Gasteiger partial charge in [-0.1, -0.05) is 54.6 Å². The van der Waals surface area contributed by atoms with Crippen molar-refractivity contribution in [3.8, 4) is 22.8 Å². The van der Waals surface area contributed by atoms with E-state index >= 15 is 0 Å². The summed E-state index contributed by atoms with van der Waals surface area (Å²) in [6.45, 7) is -0.360. The van der Waals surface area contributed by atoms with Crippen molar-refractivity contribution in [1.29, 1.82) is 0 Å². The fourth-order valence-corrected chi connectivity index (χ4v) is 3.11. The molecule has 1 N–H and O–H groups in total. The van der Waals surface area contributed by atoms with E-state index in [-0.39, 0.29) is 23.5 Å². The molecule has 0 saturated carbocycles. The van der Waals surface area contributed by atoms with Crippen LogP contribution in [0.25, 0.3) is 22.3 Å². The Labute approximate surface area is 172 Å². The van der Waals surface area contributed by atoms with Gasteiger partial charge in [0.25, 0.3) is 5.91 Å². The minimum atomic E-state index is -0.425. The van der Waals surface area contributed by atoms with Crippen LogP contribution in [-0.2, 0) is 4.79 Å². The van der Waals surface area contributed by atoms with Crippen molar-refractivity contribution < 1.29 is 18.7 Å². The summed E-state index contributed by atoms with van der Waals surface area (Å²) in [4.78, 5) is 25.5. The Bertz CT molecular complexity index is 1250. The quantitative estimate of drug-likeness (QED) is 0.515. The van der Waals surface area contributed by atoms with Gasteiger partial charge in [-0.15, -0.1) is 0 Å². The number of carbonyl (C=O) groups excluding carboxylic acids is 1. The Hall–Kier alpha value is -4.06. The number of carbonyl (C=O) groups is 1. The molecular formula is C24H19NO5. The molecule has 0 fully saturated rings. The Balaban J connectivity index is 1.65. The minimum Gasteiger partial charge on any atom is -0.495 e. The van der Waals surface area contributed by atoms with Crippen LogP contribution in [0, 0.1) is 0 Å². The predicted octanol–water partition coefficient (Wildman–Crippen LogP) is 4.49. The second-order valence-corrected chi connectivity index (χ2v) is 6.49. The summed E-state index contributed by atoms with van der Waals surface area (Å²) in [6.07, 6.45) is 0. The minimum absolute atomic E-state index is 0.00456. The van der Waals surface area contributed by atoms with Crippen LogP contribution in [-0.4, -0.2) is 19.6 Å². The molecule has 0 unspecified atom stereocenters. The van der Waals surface area contributed by atoms with Gasteiger partial charge < -0.3 is 19.2 Å². The van der Waals surface area contributed by atoms with Gasteiger partial charge in [0.15, 0.2) is 12.4 Å². The zero-order valence-corrected chi connectivity index (χ0v) is 16.3. The SMILES string of the molecule is COc1ccccc1NC(=O)COc1c(-c2ccccc2)oc2ccccc2c1=O. The maximum atomic E-state index is 13.1. The predicted molar refractivity (Wildman–Crippen MR) is 115 cm³/mol. The molecule has 0 bridgehead atoms. The fourth-order valence-electron chi connectivity index (χ4n) is 3.11. The van der Waals surface area contributed by atoms with E-state index in [1.54, 1.807) is 48.5 Å². The van der Waals surface area contributed by atoms with Gasteiger partial charge in [0.1, 0.15) is 11.3 Å². The first-order valence-electron chi connectivity index (χ1n) is 9.34. The van der Waals surface area contributed by atoms with Crippen LogP contribution in [0.2, 0.25) is 0 Å². The largest absolute Gasteiger partial charge is 0.495 e. The molecule has 4 rings (SSSR count). The molecule has 1 amide bonds. The second kappa shape index (κ2) is 8.53. The summed E-state index contributed by atoms with van der Waals surface area (Å²) in [7, 11) is 1.52. The first kappa shape index (κ1) is 19.3. The third kappa shape index (κ3) is 3.89. The van der Waals surface area contributed by atoms with Crippen molar-refractivity contribution in [2.45, 2.75) is 0 Å². The van der Waals surface area contributed by atoms with E-state index < -0.39 is 5.91 Å². The third-order valence-electron chi connectivity index (χ3n) is 4.52. The second-order valence-electron chi connectivity index (χ2n) is 6.49. The molecule has 6 heteroatoms. The number of amides is 1. The highest BCUT2D eigenvalue weighted by molar-refractivity contribution is 5.93. The van der Waals surface area contributed by atoms with Gasteiger partial charge in [0, 0.05) is 5.56 Å². The zero-order valence-electron chi connectivity index (χ0n) is 16.3. The lowest BCUT2D eigenvalue weighted by Crippen LogP contribution is -2.23. The molecule has 1 heterocycles. The number of nitrogens with one attached hydrogen (secondary N) is 1. The molecule has 6 nitrogen and oxygen atoms in total. The summed E-state index contributed by atoms with van der Waals surface area (Å²) in [6, 6.07) is 23.1. The summed E-state index contributed by atoms with van der Waals surface area (Å²) in [5.41, 5.74) is 1.32. The van der Waals surface area contributed by atoms with Gasteiger partial charge in [-0.2, -0.15) is 0 Å². The van der Waals surface area contributed by atoms with Gasteiger partial charge in [-0.3, -0.25) is 9.59 Å². The lowest BCUT2D eigenvalue weighted by atomic mass is 10.1. The number of para-hydroxylation sites is 3. The highest BCUT2D eigenvalue weighted by Gasteiger charge is 2.19. The highest BCUT2D eigenvalue weighted by Crippen LogP contribution is 2.30. The standard InChI is InChI=1S/C24H19NO5/c1-28-20-14-8-6-12-18(20)25-21(26)15-29-24-22(27)17-11-5-7-13-19(17)30-23(24)16-9-3-2-4-10-16/h2-14H,15H2,1H3,(H,25,26). The van der Waals surface area contributed by atoms with Gasteiger partial charge >= 0.3 is 0 Å².